The number of likely N-dealkylation sites (tertiary alicyclic amines) is 1. The van der Waals surface area contributed by atoms with Gasteiger partial charge in [0.15, 0.2) is 0 Å². The summed E-state index contributed by atoms with van der Waals surface area (Å²) in [5, 5.41) is 0. The molecule has 2 aliphatic carbocycles. The van der Waals surface area contributed by atoms with Gasteiger partial charge in [-0.3, -0.25) is 9.59 Å². The Bertz CT molecular complexity index is 639. The average molecular weight is 390 g/mol. The van der Waals surface area contributed by atoms with Crippen LogP contribution < -0.4 is 0 Å². The fraction of sp³-hybridized carbons (Fsp3) is 0.826. The molecule has 0 unspecified atom stereocenters. The number of allylic oxidation sites excluding steroid dienone is 1. The van der Waals surface area contributed by atoms with Crippen LogP contribution >= 0.6 is 0 Å². The normalized spacial score (nSPS) is 39.2. The summed E-state index contributed by atoms with van der Waals surface area (Å²) in [5.74, 6) is 0.779. The van der Waals surface area contributed by atoms with E-state index in [9.17, 15) is 9.59 Å². The van der Waals surface area contributed by atoms with E-state index in [1.165, 1.54) is 18.4 Å². The lowest BCUT2D eigenvalue weighted by Gasteiger charge is -2.50. The Kier molecular flexibility index (Phi) is 5.56. The second kappa shape index (κ2) is 7.81. The van der Waals surface area contributed by atoms with Crippen LogP contribution in [0.15, 0.2) is 12.2 Å². The van der Waals surface area contributed by atoms with Crippen molar-refractivity contribution >= 4 is 11.9 Å². The first-order valence-electron chi connectivity index (χ1n) is 11.2. The van der Waals surface area contributed by atoms with Crippen molar-refractivity contribution in [1.82, 2.24) is 4.90 Å². The van der Waals surface area contributed by atoms with Gasteiger partial charge in [-0.05, 0) is 76.3 Å². The van der Waals surface area contributed by atoms with Crippen LogP contribution in [0.3, 0.4) is 0 Å². The molecule has 28 heavy (non-hydrogen) atoms. The van der Waals surface area contributed by atoms with Crippen LogP contribution in [0.1, 0.15) is 58.8 Å². The minimum atomic E-state index is -0.0649. The Hall–Kier alpha value is -1.36. The van der Waals surface area contributed by atoms with Gasteiger partial charge in [0, 0.05) is 12.5 Å². The molecule has 5 heteroatoms. The summed E-state index contributed by atoms with van der Waals surface area (Å²) in [6.07, 6.45) is 7.36. The maximum absolute atomic E-state index is 12.7. The highest BCUT2D eigenvalue weighted by atomic mass is 16.6. The maximum Gasteiger partial charge on any atom is 0.310 e. The Morgan fingerprint density at radius 1 is 1.36 bits per heavy atom. The highest BCUT2D eigenvalue weighted by molar-refractivity contribution is 5.76. The average Bonchev–Trinajstić information content (AvgIpc) is 2.95. The first-order chi connectivity index (χ1) is 13.4. The summed E-state index contributed by atoms with van der Waals surface area (Å²) < 4.78 is 11.1. The molecule has 0 aromatic rings. The van der Waals surface area contributed by atoms with Crippen LogP contribution in [0, 0.1) is 29.1 Å². The molecule has 2 heterocycles. The lowest BCUT2D eigenvalue weighted by Crippen LogP contribution is -2.46. The molecule has 2 saturated heterocycles. The van der Waals surface area contributed by atoms with Gasteiger partial charge in [0.2, 0.25) is 0 Å². The number of hydrogen-bond acceptors (Lipinski definition) is 5. The van der Waals surface area contributed by atoms with Gasteiger partial charge in [0.25, 0.3) is 0 Å². The van der Waals surface area contributed by atoms with Crippen molar-refractivity contribution in [3.05, 3.63) is 12.2 Å². The van der Waals surface area contributed by atoms with Crippen LogP contribution in [0.2, 0.25) is 0 Å². The highest BCUT2D eigenvalue weighted by Gasteiger charge is 2.55. The van der Waals surface area contributed by atoms with Crippen LogP contribution in [0.5, 0.6) is 0 Å². The predicted octanol–water partition coefficient (Wildman–Crippen LogP) is 3.58. The third kappa shape index (κ3) is 3.62. The number of carbonyl (C=O) groups excluding carboxylic acids is 2. The summed E-state index contributed by atoms with van der Waals surface area (Å²) in [6.45, 7) is 11.5. The number of ether oxygens (including phenoxy) is 2. The molecule has 156 valence electrons. The monoisotopic (exact) mass is 389 g/mol. The van der Waals surface area contributed by atoms with Gasteiger partial charge in [-0.2, -0.15) is 0 Å². The standard InChI is InChI=1S/C23H35NO4/c1-4-27-21(25)16-7-10-24(11-8-16)14-18-17-12-19-15(2)6-5-9-23(19,3)13-20(17)28-22(18)26/h16-20H,2,4-14H2,1,3H3/t17-,18+,19+,20+,23+/m1/s1. The molecule has 0 amide bonds. The Labute approximate surface area is 168 Å². The van der Waals surface area contributed by atoms with Gasteiger partial charge in [-0.1, -0.05) is 19.1 Å². The van der Waals surface area contributed by atoms with Gasteiger partial charge in [-0.25, -0.2) is 0 Å². The van der Waals surface area contributed by atoms with Crippen molar-refractivity contribution in [1.29, 1.82) is 0 Å². The summed E-state index contributed by atoms with van der Waals surface area (Å²) in [7, 11) is 0. The quantitative estimate of drug-likeness (QED) is 0.543. The summed E-state index contributed by atoms with van der Waals surface area (Å²) in [4.78, 5) is 27.0. The van der Waals surface area contributed by atoms with Gasteiger partial charge < -0.3 is 14.4 Å². The molecule has 4 fully saturated rings. The van der Waals surface area contributed by atoms with Crippen molar-refractivity contribution in [3.8, 4) is 0 Å². The highest BCUT2D eigenvalue weighted by Crippen LogP contribution is 2.56. The Morgan fingerprint density at radius 2 is 2.11 bits per heavy atom. The first kappa shape index (κ1) is 19.9. The molecule has 0 aromatic heterocycles. The van der Waals surface area contributed by atoms with E-state index in [0.717, 1.165) is 51.7 Å². The van der Waals surface area contributed by atoms with Crippen LogP contribution in [-0.2, 0) is 19.1 Å². The number of carbonyl (C=O) groups is 2. The van der Waals surface area contributed by atoms with E-state index < -0.39 is 0 Å². The van der Waals surface area contributed by atoms with E-state index in [-0.39, 0.29) is 35.3 Å². The topological polar surface area (TPSA) is 55.8 Å². The van der Waals surface area contributed by atoms with E-state index in [2.05, 4.69) is 18.4 Å². The fourth-order valence-electron chi connectivity index (χ4n) is 6.35. The molecule has 5 atom stereocenters. The summed E-state index contributed by atoms with van der Waals surface area (Å²) >= 11 is 0. The lowest BCUT2D eigenvalue weighted by atomic mass is 9.55. The number of piperidine rings is 1. The number of nitrogens with zero attached hydrogens (tertiary/aromatic N) is 1. The molecule has 0 spiro atoms. The zero-order valence-electron chi connectivity index (χ0n) is 17.5. The molecule has 4 aliphatic rings. The smallest absolute Gasteiger partial charge is 0.310 e. The molecule has 0 N–H and O–H groups in total. The summed E-state index contributed by atoms with van der Waals surface area (Å²) in [5.41, 5.74) is 1.64. The SMILES string of the molecule is C=C1CCC[C@@]2(C)C[C@@H]3OC(=O)[C@@H](CN4CCC(C(=O)OCC)CC4)[C@H]3C[C@@H]12. The Balaban J connectivity index is 1.38. The number of fused-ring (bicyclic) bond motifs is 2. The van der Waals surface area contributed by atoms with E-state index >= 15 is 0 Å². The van der Waals surface area contributed by atoms with Gasteiger partial charge in [-0.15, -0.1) is 0 Å². The van der Waals surface area contributed by atoms with Crippen LogP contribution in [0.25, 0.3) is 0 Å². The zero-order valence-corrected chi connectivity index (χ0v) is 17.5. The van der Waals surface area contributed by atoms with Crippen molar-refractivity contribution < 1.29 is 19.1 Å². The lowest BCUT2D eigenvalue weighted by molar-refractivity contribution is -0.150. The molecule has 5 nitrogen and oxygen atoms in total. The number of rotatable bonds is 4. The zero-order chi connectivity index (χ0) is 19.9. The Morgan fingerprint density at radius 3 is 2.82 bits per heavy atom. The van der Waals surface area contributed by atoms with Crippen molar-refractivity contribution in [2.45, 2.75) is 64.9 Å². The second-order valence-electron chi connectivity index (χ2n) is 9.73. The molecule has 0 radical (unpaired) electrons. The molecule has 0 aromatic carbocycles. The van der Waals surface area contributed by atoms with Crippen molar-refractivity contribution in [3.63, 3.8) is 0 Å². The van der Waals surface area contributed by atoms with E-state index in [0.29, 0.717) is 18.4 Å². The molecule has 2 aliphatic heterocycles. The maximum atomic E-state index is 12.7. The fourth-order valence-corrected chi connectivity index (χ4v) is 6.35. The largest absolute Gasteiger partial charge is 0.466 e. The molecular weight excluding hydrogens is 354 g/mol. The number of esters is 2. The van der Waals surface area contributed by atoms with E-state index in [1.807, 2.05) is 6.92 Å². The van der Waals surface area contributed by atoms with Crippen LogP contribution in [0.4, 0.5) is 0 Å². The van der Waals surface area contributed by atoms with Crippen molar-refractivity contribution in [2.24, 2.45) is 29.1 Å². The second-order valence-corrected chi connectivity index (χ2v) is 9.73. The minimum Gasteiger partial charge on any atom is -0.466 e. The van der Waals surface area contributed by atoms with E-state index in [4.69, 9.17) is 9.47 Å². The number of hydrogen-bond donors (Lipinski definition) is 0. The predicted molar refractivity (Wildman–Crippen MR) is 106 cm³/mol. The third-order valence-electron chi connectivity index (χ3n) is 7.98. The molecule has 4 rings (SSSR count). The van der Waals surface area contributed by atoms with Gasteiger partial charge in [0.1, 0.15) is 6.10 Å². The molecule has 2 saturated carbocycles. The van der Waals surface area contributed by atoms with Crippen molar-refractivity contribution in [2.75, 3.05) is 26.2 Å². The summed E-state index contributed by atoms with van der Waals surface area (Å²) in [6, 6.07) is 0. The molecule has 0 bridgehead atoms. The van der Waals surface area contributed by atoms with E-state index in [1.54, 1.807) is 0 Å². The van der Waals surface area contributed by atoms with Crippen LogP contribution in [-0.4, -0.2) is 49.2 Å². The van der Waals surface area contributed by atoms with Gasteiger partial charge in [0.05, 0.1) is 18.4 Å². The third-order valence-corrected chi connectivity index (χ3v) is 7.98. The minimum absolute atomic E-state index is 0.00428. The van der Waals surface area contributed by atoms with Gasteiger partial charge >= 0.3 is 11.9 Å². The first-order valence-corrected chi connectivity index (χ1v) is 11.2. The molecular formula is C23H35NO4.